The zero-order chi connectivity index (χ0) is 14.5. The molecule has 0 aliphatic carbocycles. The Morgan fingerprint density at radius 2 is 2.20 bits per heavy atom. The first-order valence-electron chi connectivity index (χ1n) is 6.28. The van der Waals surface area contributed by atoms with Crippen LogP contribution in [0.15, 0.2) is 18.2 Å². The zero-order valence-corrected chi connectivity index (χ0v) is 11.5. The van der Waals surface area contributed by atoms with Crippen LogP contribution in [0.2, 0.25) is 0 Å². The first-order valence-corrected chi connectivity index (χ1v) is 6.28. The largest absolute Gasteiger partial charge is 0.497 e. The summed E-state index contributed by atoms with van der Waals surface area (Å²) in [6, 6.07) is 5.52. The van der Waals surface area contributed by atoms with Gasteiger partial charge in [-0.25, -0.2) is 0 Å². The van der Waals surface area contributed by atoms with Gasteiger partial charge >= 0.3 is 5.97 Å². The van der Waals surface area contributed by atoms with E-state index in [2.05, 4.69) is 10.1 Å². The Morgan fingerprint density at radius 1 is 1.40 bits per heavy atom. The minimum atomic E-state index is -0.472. The molecule has 2 rings (SSSR count). The molecular formula is C14H17NO5. The number of ether oxygens (including phenoxy) is 3. The van der Waals surface area contributed by atoms with Gasteiger partial charge in [0.05, 0.1) is 20.1 Å². The van der Waals surface area contributed by atoms with Crippen molar-refractivity contribution in [1.82, 2.24) is 5.32 Å². The van der Waals surface area contributed by atoms with Crippen molar-refractivity contribution in [2.45, 2.75) is 6.42 Å². The average molecular weight is 279 g/mol. The maximum Gasteiger partial charge on any atom is 0.325 e. The molecule has 1 aliphatic rings. The minimum absolute atomic E-state index is 0.124. The smallest absolute Gasteiger partial charge is 0.325 e. The lowest BCUT2D eigenvalue weighted by Crippen LogP contribution is -2.39. The van der Waals surface area contributed by atoms with Crippen LogP contribution < -0.4 is 14.8 Å². The Balaban J connectivity index is 1.97. The molecule has 1 atom stereocenters. The van der Waals surface area contributed by atoms with Crippen molar-refractivity contribution in [2.75, 3.05) is 27.4 Å². The molecule has 0 saturated heterocycles. The number of fused-ring (bicyclic) bond motifs is 1. The summed E-state index contributed by atoms with van der Waals surface area (Å²) in [6.45, 7) is 0.161. The molecule has 0 bridgehead atoms. The van der Waals surface area contributed by atoms with Gasteiger partial charge in [-0.15, -0.1) is 0 Å². The van der Waals surface area contributed by atoms with Crippen molar-refractivity contribution in [3.63, 3.8) is 0 Å². The first kappa shape index (κ1) is 14.2. The van der Waals surface area contributed by atoms with E-state index in [0.717, 1.165) is 17.1 Å². The van der Waals surface area contributed by atoms with Crippen LogP contribution in [-0.4, -0.2) is 39.2 Å². The molecule has 6 nitrogen and oxygen atoms in total. The van der Waals surface area contributed by atoms with Crippen molar-refractivity contribution >= 4 is 11.9 Å². The van der Waals surface area contributed by atoms with Gasteiger partial charge in [-0.3, -0.25) is 9.59 Å². The molecule has 1 aliphatic heterocycles. The van der Waals surface area contributed by atoms with E-state index in [-0.39, 0.29) is 25.0 Å². The SMILES string of the molecule is COC(=O)CNC(=O)C1COc2cc(OC)ccc2C1. The highest BCUT2D eigenvalue weighted by Gasteiger charge is 2.26. The van der Waals surface area contributed by atoms with E-state index in [4.69, 9.17) is 9.47 Å². The first-order chi connectivity index (χ1) is 9.63. The highest BCUT2D eigenvalue weighted by molar-refractivity contribution is 5.84. The lowest BCUT2D eigenvalue weighted by molar-refractivity contribution is -0.141. The predicted octanol–water partition coefficient (Wildman–Crippen LogP) is 0.535. The standard InChI is InChI=1S/C14H17NO5/c1-18-11-4-3-9-5-10(8-20-12(9)6-11)14(17)15-7-13(16)19-2/h3-4,6,10H,5,7-8H2,1-2H3,(H,15,17). The van der Waals surface area contributed by atoms with E-state index >= 15 is 0 Å². The summed E-state index contributed by atoms with van der Waals surface area (Å²) in [5.74, 6) is 0.469. The maximum atomic E-state index is 11.9. The molecule has 1 unspecified atom stereocenters. The fraction of sp³-hybridized carbons (Fsp3) is 0.429. The van der Waals surface area contributed by atoms with Crippen molar-refractivity contribution in [1.29, 1.82) is 0 Å². The van der Waals surface area contributed by atoms with Gasteiger partial charge in [-0.2, -0.15) is 0 Å². The van der Waals surface area contributed by atoms with E-state index in [1.807, 2.05) is 12.1 Å². The van der Waals surface area contributed by atoms with E-state index in [0.29, 0.717) is 6.42 Å². The van der Waals surface area contributed by atoms with Crippen LogP contribution in [0.3, 0.4) is 0 Å². The van der Waals surface area contributed by atoms with Crippen molar-refractivity contribution < 1.29 is 23.8 Å². The number of hydrogen-bond acceptors (Lipinski definition) is 5. The molecule has 0 saturated carbocycles. The van der Waals surface area contributed by atoms with Crippen LogP contribution in [-0.2, 0) is 20.7 Å². The molecule has 0 radical (unpaired) electrons. The topological polar surface area (TPSA) is 73.9 Å². The number of methoxy groups -OCH3 is 2. The summed E-state index contributed by atoms with van der Waals surface area (Å²) in [7, 11) is 2.87. The lowest BCUT2D eigenvalue weighted by atomic mass is 9.96. The third-order valence-corrected chi connectivity index (χ3v) is 3.19. The third kappa shape index (κ3) is 3.20. The summed E-state index contributed by atoms with van der Waals surface area (Å²) in [5, 5.41) is 2.54. The zero-order valence-electron chi connectivity index (χ0n) is 11.5. The van der Waals surface area contributed by atoms with Gasteiger partial charge in [-0.1, -0.05) is 6.07 Å². The molecule has 1 aromatic carbocycles. The van der Waals surface area contributed by atoms with Crippen LogP contribution in [0.1, 0.15) is 5.56 Å². The van der Waals surface area contributed by atoms with Gasteiger partial charge in [-0.05, 0) is 18.1 Å². The summed E-state index contributed by atoms with van der Waals surface area (Å²) < 4.78 is 15.2. The average Bonchev–Trinajstić information content (AvgIpc) is 2.50. The number of carbonyl (C=O) groups is 2. The highest BCUT2D eigenvalue weighted by atomic mass is 16.5. The second-order valence-electron chi connectivity index (χ2n) is 4.48. The third-order valence-electron chi connectivity index (χ3n) is 3.19. The van der Waals surface area contributed by atoms with Crippen LogP contribution in [0.25, 0.3) is 0 Å². The molecule has 1 amide bonds. The summed E-state index contributed by atoms with van der Waals surface area (Å²) >= 11 is 0. The van der Waals surface area contributed by atoms with Crippen molar-refractivity contribution in [3.05, 3.63) is 23.8 Å². The Hall–Kier alpha value is -2.24. The van der Waals surface area contributed by atoms with Crippen LogP contribution >= 0.6 is 0 Å². The van der Waals surface area contributed by atoms with E-state index in [1.165, 1.54) is 7.11 Å². The molecule has 1 aromatic rings. The molecule has 20 heavy (non-hydrogen) atoms. The van der Waals surface area contributed by atoms with Crippen molar-refractivity contribution in [2.24, 2.45) is 5.92 Å². The second kappa shape index (κ2) is 6.27. The molecule has 1 N–H and O–H groups in total. The number of amides is 1. The van der Waals surface area contributed by atoms with E-state index in [1.54, 1.807) is 13.2 Å². The molecule has 0 fully saturated rings. The predicted molar refractivity (Wildman–Crippen MR) is 70.7 cm³/mol. The van der Waals surface area contributed by atoms with Gasteiger partial charge in [0, 0.05) is 6.07 Å². The van der Waals surface area contributed by atoms with Crippen molar-refractivity contribution in [3.8, 4) is 11.5 Å². The number of hydrogen-bond donors (Lipinski definition) is 1. The quantitative estimate of drug-likeness (QED) is 0.814. The Bertz CT molecular complexity index is 514. The van der Waals surface area contributed by atoms with Crippen LogP contribution in [0, 0.1) is 5.92 Å². The van der Waals surface area contributed by atoms with Gasteiger partial charge in [0.1, 0.15) is 24.7 Å². The molecular weight excluding hydrogens is 262 g/mol. The van der Waals surface area contributed by atoms with Gasteiger partial charge in [0.2, 0.25) is 5.91 Å². The number of esters is 1. The number of benzene rings is 1. The normalized spacial score (nSPS) is 16.6. The molecule has 6 heteroatoms. The van der Waals surface area contributed by atoms with E-state index < -0.39 is 5.97 Å². The summed E-state index contributed by atoms with van der Waals surface area (Å²) in [4.78, 5) is 22.9. The number of nitrogens with one attached hydrogen (secondary N) is 1. The molecule has 1 heterocycles. The number of carbonyl (C=O) groups excluding carboxylic acids is 2. The Kier molecular flexibility index (Phi) is 4.45. The van der Waals surface area contributed by atoms with Gasteiger partial charge in [0.15, 0.2) is 0 Å². The molecule has 108 valence electrons. The fourth-order valence-electron chi connectivity index (χ4n) is 2.02. The summed E-state index contributed by atoms with van der Waals surface area (Å²) in [5.41, 5.74) is 0.954. The van der Waals surface area contributed by atoms with Crippen LogP contribution in [0.4, 0.5) is 0 Å². The van der Waals surface area contributed by atoms with Crippen LogP contribution in [0.5, 0.6) is 11.5 Å². The molecule has 0 aromatic heterocycles. The van der Waals surface area contributed by atoms with Gasteiger partial charge in [0.25, 0.3) is 0 Å². The second-order valence-corrected chi connectivity index (χ2v) is 4.48. The minimum Gasteiger partial charge on any atom is -0.497 e. The van der Waals surface area contributed by atoms with E-state index in [9.17, 15) is 9.59 Å². The monoisotopic (exact) mass is 279 g/mol. The van der Waals surface area contributed by atoms with Gasteiger partial charge < -0.3 is 19.5 Å². The summed E-state index contributed by atoms with van der Waals surface area (Å²) in [6.07, 6.45) is 0.576. The lowest BCUT2D eigenvalue weighted by Gasteiger charge is -2.24. The highest BCUT2D eigenvalue weighted by Crippen LogP contribution is 2.30. The maximum absolute atomic E-state index is 11.9. The Morgan fingerprint density at radius 3 is 2.90 bits per heavy atom. The fourth-order valence-corrected chi connectivity index (χ4v) is 2.02. The molecule has 0 spiro atoms. The number of rotatable bonds is 4. The Labute approximate surface area is 117 Å².